The number of rotatable bonds is 6. The molecule has 0 aliphatic rings. The van der Waals surface area contributed by atoms with Crippen LogP contribution in [-0.2, 0) is 6.54 Å². The number of hydrogen-bond donors (Lipinski definition) is 2. The Bertz CT molecular complexity index is 834. The van der Waals surface area contributed by atoms with Crippen LogP contribution in [0.4, 0.5) is 4.39 Å². The molecule has 0 aliphatic heterocycles. The molecule has 0 aliphatic carbocycles. The summed E-state index contributed by atoms with van der Waals surface area (Å²) >= 11 is 0. The molecule has 25 heavy (non-hydrogen) atoms. The van der Waals surface area contributed by atoms with Gasteiger partial charge in [-0.25, -0.2) is 9.07 Å². The summed E-state index contributed by atoms with van der Waals surface area (Å²) in [7, 11) is 0. The van der Waals surface area contributed by atoms with Crippen LogP contribution in [0.1, 0.15) is 27.7 Å². The van der Waals surface area contributed by atoms with Gasteiger partial charge in [-0.15, -0.1) is 5.10 Å². The van der Waals surface area contributed by atoms with Crippen molar-refractivity contribution in [3.05, 3.63) is 83.4 Å². The van der Waals surface area contributed by atoms with Crippen molar-refractivity contribution >= 4 is 5.91 Å². The summed E-state index contributed by atoms with van der Waals surface area (Å²) in [6, 6.07) is 14.7. The Morgan fingerprint density at radius 1 is 1.16 bits per heavy atom. The van der Waals surface area contributed by atoms with Crippen LogP contribution in [0, 0.1) is 5.82 Å². The Balaban J connectivity index is 1.66. The number of halogens is 1. The highest BCUT2D eigenvalue weighted by Crippen LogP contribution is 2.12. The van der Waals surface area contributed by atoms with Crippen molar-refractivity contribution in [3.63, 3.8) is 0 Å². The van der Waals surface area contributed by atoms with Gasteiger partial charge in [-0.05, 0) is 23.3 Å². The molecule has 0 saturated carbocycles. The zero-order valence-electron chi connectivity index (χ0n) is 13.3. The summed E-state index contributed by atoms with van der Waals surface area (Å²) in [5.74, 6) is -0.730. The van der Waals surface area contributed by atoms with E-state index in [9.17, 15) is 14.3 Å². The highest BCUT2D eigenvalue weighted by molar-refractivity contribution is 5.92. The molecule has 1 heterocycles. The van der Waals surface area contributed by atoms with E-state index in [1.54, 1.807) is 12.1 Å². The molecule has 2 aromatic carbocycles. The Labute approximate surface area is 143 Å². The van der Waals surface area contributed by atoms with Crippen molar-refractivity contribution in [2.24, 2.45) is 0 Å². The van der Waals surface area contributed by atoms with Gasteiger partial charge in [0, 0.05) is 0 Å². The molecule has 0 spiro atoms. The highest BCUT2D eigenvalue weighted by atomic mass is 19.1. The molecule has 0 saturated heterocycles. The fraction of sp³-hybridized carbons (Fsp3) is 0.167. The molecule has 3 rings (SSSR count). The second kappa shape index (κ2) is 7.67. The average molecular weight is 340 g/mol. The number of aliphatic hydroxyl groups is 1. The third kappa shape index (κ3) is 4.27. The quantitative estimate of drug-likeness (QED) is 0.718. The van der Waals surface area contributed by atoms with Crippen LogP contribution in [0.25, 0.3) is 0 Å². The maximum absolute atomic E-state index is 12.9. The zero-order valence-corrected chi connectivity index (χ0v) is 13.3. The summed E-state index contributed by atoms with van der Waals surface area (Å²) in [4.78, 5) is 12.3. The number of amides is 1. The lowest BCUT2D eigenvalue weighted by atomic mass is 10.1. The second-order valence-corrected chi connectivity index (χ2v) is 5.55. The van der Waals surface area contributed by atoms with Crippen LogP contribution < -0.4 is 5.32 Å². The van der Waals surface area contributed by atoms with Crippen LogP contribution in [0.15, 0.2) is 60.8 Å². The van der Waals surface area contributed by atoms with E-state index in [0.29, 0.717) is 6.54 Å². The van der Waals surface area contributed by atoms with Gasteiger partial charge in [-0.1, -0.05) is 47.7 Å². The van der Waals surface area contributed by atoms with E-state index in [1.807, 2.05) is 30.3 Å². The number of benzene rings is 2. The molecule has 1 atom stereocenters. The van der Waals surface area contributed by atoms with E-state index in [1.165, 1.54) is 23.0 Å². The number of nitrogens with zero attached hydrogens (tertiary/aromatic N) is 3. The fourth-order valence-corrected chi connectivity index (χ4v) is 2.41. The topological polar surface area (TPSA) is 80.0 Å². The first-order chi connectivity index (χ1) is 12.2. The van der Waals surface area contributed by atoms with Crippen molar-refractivity contribution in [2.45, 2.75) is 12.6 Å². The molecule has 3 aromatic rings. The monoisotopic (exact) mass is 340 g/mol. The van der Waals surface area contributed by atoms with Gasteiger partial charge in [0.15, 0.2) is 5.69 Å². The van der Waals surface area contributed by atoms with Crippen LogP contribution in [-0.4, -0.2) is 32.6 Å². The molecule has 6 nitrogen and oxygen atoms in total. The highest BCUT2D eigenvalue weighted by Gasteiger charge is 2.17. The third-order valence-electron chi connectivity index (χ3n) is 3.72. The third-order valence-corrected chi connectivity index (χ3v) is 3.72. The molecule has 1 amide bonds. The summed E-state index contributed by atoms with van der Waals surface area (Å²) in [5.41, 5.74) is 1.80. The molecule has 0 bridgehead atoms. The Hall–Kier alpha value is -3.06. The Morgan fingerprint density at radius 2 is 1.88 bits per heavy atom. The van der Waals surface area contributed by atoms with Crippen LogP contribution in [0.2, 0.25) is 0 Å². The fourth-order valence-electron chi connectivity index (χ4n) is 2.41. The molecule has 2 N–H and O–H groups in total. The Morgan fingerprint density at radius 3 is 2.56 bits per heavy atom. The van der Waals surface area contributed by atoms with Crippen molar-refractivity contribution in [3.8, 4) is 0 Å². The lowest BCUT2D eigenvalue weighted by Crippen LogP contribution is -2.31. The minimum absolute atomic E-state index is 0.150. The average Bonchev–Trinajstić information content (AvgIpc) is 3.11. The second-order valence-electron chi connectivity index (χ2n) is 5.55. The molecule has 128 valence electrons. The first kappa shape index (κ1) is 16.8. The number of hydrogen-bond acceptors (Lipinski definition) is 4. The number of carbonyl (C=O) groups is 1. The molecule has 7 heteroatoms. The van der Waals surface area contributed by atoms with Gasteiger partial charge in [0.05, 0.1) is 25.4 Å². The Kier molecular flexibility index (Phi) is 5.15. The predicted octanol–water partition coefficient (Wildman–Crippen LogP) is 1.93. The largest absolute Gasteiger partial charge is 0.394 e. The minimum Gasteiger partial charge on any atom is -0.394 e. The van der Waals surface area contributed by atoms with E-state index in [-0.39, 0.29) is 18.1 Å². The van der Waals surface area contributed by atoms with Gasteiger partial charge in [0.25, 0.3) is 5.91 Å². The summed E-state index contributed by atoms with van der Waals surface area (Å²) < 4.78 is 14.4. The molecule has 0 fully saturated rings. The summed E-state index contributed by atoms with van der Waals surface area (Å²) in [5, 5.41) is 20.0. The minimum atomic E-state index is -0.518. The standard InChI is InChI=1S/C18H17FN4O2/c19-15-8-6-13(7-9-15)10-23-11-16(21-22-23)18(25)20-17(12-24)14-4-2-1-3-5-14/h1-9,11,17,24H,10,12H2,(H,20,25)/t17-/m0/s1. The van der Waals surface area contributed by atoms with Crippen LogP contribution in [0.5, 0.6) is 0 Å². The predicted molar refractivity (Wildman–Crippen MR) is 89.3 cm³/mol. The van der Waals surface area contributed by atoms with Crippen molar-refractivity contribution in [1.29, 1.82) is 0 Å². The molecule has 1 aromatic heterocycles. The maximum Gasteiger partial charge on any atom is 0.274 e. The van der Waals surface area contributed by atoms with E-state index in [2.05, 4.69) is 15.6 Å². The van der Waals surface area contributed by atoms with Gasteiger partial charge in [0.2, 0.25) is 0 Å². The SMILES string of the molecule is O=C(N[C@@H](CO)c1ccccc1)c1cn(Cc2ccc(F)cc2)nn1. The molecule has 0 radical (unpaired) electrons. The molecular weight excluding hydrogens is 323 g/mol. The van der Waals surface area contributed by atoms with Crippen molar-refractivity contribution in [2.75, 3.05) is 6.61 Å². The maximum atomic E-state index is 12.9. The number of nitrogens with one attached hydrogen (secondary N) is 1. The van der Waals surface area contributed by atoms with Gasteiger partial charge in [0.1, 0.15) is 5.82 Å². The van der Waals surface area contributed by atoms with Gasteiger partial charge in [-0.2, -0.15) is 0 Å². The lowest BCUT2D eigenvalue weighted by Gasteiger charge is -2.15. The van der Waals surface area contributed by atoms with E-state index < -0.39 is 11.9 Å². The summed E-state index contributed by atoms with van der Waals surface area (Å²) in [6.45, 7) is 0.155. The number of aliphatic hydroxyl groups excluding tert-OH is 1. The van der Waals surface area contributed by atoms with E-state index in [0.717, 1.165) is 11.1 Å². The van der Waals surface area contributed by atoms with Gasteiger partial charge < -0.3 is 10.4 Å². The summed E-state index contributed by atoms with van der Waals surface area (Å²) in [6.07, 6.45) is 1.51. The normalized spacial score (nSPS) is 11.9. The lowest BCUT2D eigenvalue weighted by molar-refractivity contribution is 0.0911. The first-order valence-corrected chi connectivity index (χ1v) is 7.77. The van der Waals surface area contributed by atoms with E-state index in [4.69, 9.17) is 0 Å². The smallest absolute Gasteiger partial charge is 0.274 e. The van der Waals surface area contributed by atoms with Crippen LogP contribution in [0.3, 0.4) is 0 Å². The molecule has 0 unspecified atom stereocenters. The van der Waals surface area contributed by atoms with Crippen LogP contribution >= 0.6 is 0 Å². The van der Waals surface area contributed by atoms with Crippen molar-refractivity contribution < 1.29 is 14.3 Å². The number of aromatic nitrogens is 3. The van der Waals surface area contributed by atoms with Gasteiger partial charge in [-0.3, -0.25) is 4.79 Å². The van der Waals surface area contributed by atoms with E-state index >= 15 is 0 Å². The zero-order chi connectivity index (χ0) is 17.6. The molecular formula is C18H17FN4O2. The van der Waals surface area contributed by atoms with Gasteiger partial charge >= 0.3 is 0 Å². The first-order valence-electron chi connectivity index (χ1n) is 7.77. The van der Waals surface area contributed by atoms with Crippen molar-refractivity contribution in [1.82, 2.24) is 20.3 Å². The number of carbonyl (C=O) groups excluding carboxylic acids is 1.